The number of thioether (sulfide) groups is 1. The molecule has 0 aliphatic rings. The number of carbonyl (C=O) groups excluding carboxylic acids is 1. The van der Waals surface area contributed by atoms with Gasteiger partial charge in [0.1, 0.15) is 12.1 Å². The predicted octanol–water partition coefficient (Wildman–Crippen LogP) is 2.25. The molecule has 20 heavy (non-hydrogen) atoms. The smallest absolute Gasteiger partial charge is 0.237 e. The molecule has 1 atom stereocenters. The van der Waals surface area contributed by atoms with E-state index in [-0.39, 0.29) is 11.2 Å². The second kappa shape index (κ2) is 6.58. The molecule has 2 aromatic rings. The number of nitrogens with two attached hydrogens (primary N) is 1. The number of nitrogens with one attached hydrogen (secondary N) is 1. The van der Waals surface area contributed by atoms with E-state index in [9.17, 15) is 4.79 Å². The lowest BCUT2D eigenvalue weighted by molar-refractivity contribution is -0.115. The number of benzene rings is 1. The minimum absolute atomic E-state index is 0.144. The largest absolute Gasteiger partial charge is 0.495 e. The average Bonchev–Trinajstić information content (AvgIpc) is 2.91. The number of hydrogen-bond acceptors (Lipinski definition) is 7. The number of amides is 1. The first-order valence-corrected chi connectivity index (χ1v) is 7.43. The summed E-state index contributed by atoms with van der Waals surface area (Å²) in [5.41, 5.74) is 6.83. The minimum Gasteiger partial charge on any atom is -0.495 e. The highest BCUT2D eigenvalue weighted by Gasteiger charge is 2.17. The van der Waals surface area contributed by atoms with Gasteiger partial charge in [-0.25, -0.2) is 4.98 Å². The fraction of sp³-hybridized carbons (Fsp3) is 0.250. The Hall–Kier alpha value is -1.80. The Bertz CT molecular complexity index is 589. The van der Waals surface area contributed by atoms with Gasteiger partial charge in [-0.15, -0.1) is 0 Å². The van der Waals surface area contributed by atoms with Crippen LogP contribution in [0.4, 0.5) is 11.4 Å². The molecule has 106 valence electrons. The van der Waals surface area contributed by atoms with E-state index >= 15 is 0 Å². The summed E-state index contributed by atoms with van der Waals surface area (Å²) >= 11 is 2.62. The summed E-state index contributed by atoms with van der Waals surface area (Å²) < 4.78 is 9.85. The van der Waals surface area contributed by atoms with Crippen molar-refractivity contribution in [2.75, 3.05) is 18.2 Å². The van der Waals surface area contributed by atoms with Crippen LogP contribution in [0.3, 0.4) is 0 Å². The highest BCUT2D eigenvalue weighted by atomic mass is 32.2. The van der Waals surface area contributed by atoms with Gasteiger partial charge in [0.15, 0.2) is 4.34 Å². The molecular weight excluding hydrogens is 296 g/mol. The topological polar surface area (TPSA) is 90.1 Å². The van der Waals surface area contributed by atoms with E-state index in [1.807, 2.05) is 0 Å². The Morgan fingerprint density at radius 1 is 1.55 bits per heavy atom. The van der Waals surface area contributed by atoms with Crippen molar-refractivity contribution in [3.8, 4) is 5.75 Å². The Morgan fingerprint density at radius 3 is 3.00 bits per heavy atom. The molecule has 1 unspecified atom stereocenters. The van der Waals surface area contributed by atoms with E-state index in [1.54, 1.807) is 32.2 Å². The van der Waals surface area contributed by atoms with Gasteiger partial charge in [-0.2, -0.15) is 4.37 Å². The lowest BCUT2D eigenvalue weighted by Crippen LogP contribution is -2.22. The predicted molar refractivity (Wildman–Crippen MR) is 81.3 cm³/mol. The maximum Gasteiger partial charge on any atom is 0.237 e. The molecule has 1 aromatic carbocycles. The fourth-order valence-electron chi connectivity index (χ4n) is 1.48. The average molecular weight is 310 g/mol. The van der Waals surface area contributed by atoms with E-state index < -0.39 is 0 Å². The maximum atomic E-state index is 12.1. The zero-order valence-electron chi connectivity index (χ0n) is 11.0. The summed E-state index contributed by atoms with van der Waals surface area (Å²) in [6.45, 7) is 1.81. The minimum atomic E-state index is -0.297. The van der Waals surface area contributed by atoms with E-state index in [0.717, 1.165) is 4.34 Å². The summed E-state index contributed by atoms with van der Waals surface area (Å²) in [6, 6.07) is 5.10. The standard InChI is InChI=1S/C12H14N4O2S2/c1-7(19-12-14-6-15-20-12)11(17)16-9-5-8(13)3-4-10(9)18-2/h3-7H,13H2,1-2H3,(H,16,17). The molecule has 0 spiro atoms. The van der Waals surface area contributed by atoms with Crippen molar-refractivity contribution in [3.63, 3.8) is 0 Å². The van der Waals surface area contributed by atoms with Gasteiger partial charge < -0.3 is 15.8 Å². The van der Waals surface area contributed by atoms with E-state index in [4.69, 9.17) is 10.5 Å². The molecular formula is C12H14N4O2S2. The van der Waals surface area contributed by atoms with Crippen molar-refractivity contribution in [3.05, 3.63) is 24.5 Å². The molecule has 1 amide bonds. The molecule has 6 nitrogen and oxygen atoms in total. The first-order valence-electron chi connectivity index (χ1n) is 5.78. The van der Waals surface area contributed by atoms with Crippen LogP contribution in [0.5, 0.6) is 5.75 Å². The fourth-order valence-corrected chi connectivity index (χ4v) is 3.07. The van der Waals surface area contributed by atoms with Crippen LogP contribution in [0.15, 0.2) is 28.9 Å². The van der Waals surface area contributed by atoms with E-state index in [1.165, 1.54) is 29.6 Å². The number of aromatic nitrogens is 2. The molecule has 2 rings (SSSR count). The molecule has 3 N–H and O–H groups in total. The number of nitrogens with zero attached hydrogens (tertiary/aromatic N) is 2. The van der Waals surface area contributed by atoms with Crippen molar-refractivity contribution in [1.82, 2.24) is 9.36 Å². The Labute approximate surface area is 124 Å². The van der Waals surface area contributed by atoms with Crippen LogP contribution in [0.1, 0.15) is 6.92 Å². The second-order valence-corrected chi connectivity index (χ2v) is 6.28. The highest BCUT2D eigenvalue weighted by Crippen LogP contribution is 2.29. The zero-order chi connectivity index (χ0) is 14.5. The first kappa shape index (κ1) is 14.6. The zero-order valence-corrected chi connectivity index (χ0v) is 12.6. The van der Waals surface area contributed by atoms with E-state index in [2.05, 4.69) is 14.7 Å². The van der Waals surface area contributed by atoms with Crippen LogP contribution in [-0.2, 0) is 4.79 Å². The molecule has 0 saturated heterocycles. The lowest BCUT2D eigenvalue weighted by Gasteiger charge is -2.13. The third-order valence-corrected chi connectivity index (χ3v) is 4.32. The van der Waals surface area contributed by atoms with Crippen molar-refractivity contribution in [1.29, 1.82) is 0 Å². The van der Waals surface area contributed by atoms with Crippen LogP contribution in [0.25, 0.3) is 0 Å². The summed E-state index contributed by atoms with van der Waals surface area (Å²) in [5.74, 6) is 0.426. The molecule has 0 aliphatic heterocycles. The van der Waals surface area contributed by atoms with Crippen LogP contribution < -0.4 is 15.8 Å². The third-order valence-electron chi connectivity index (χ3n) is 2.47. The van der Waals surface area contributed by atoms with Gasteiger partial charge in [0.25, 0.3) is 0 Å². The SMILES string of the molecule is COc1ccc(N)cc1NC(=O)C(C)Sc1ncns1. The van der Waals surface area contributed by atoms with Crippen LogP contribution in [0, 0.1) is 0 Å². The van der Waals surface area contributed by atoms with Crippen LogP contribution in [-0.4, -0.2) is 27.6 Å². The molecule has 0 bridgehead atoms. The Kier molecular flexibility index (Phi) is 4.80. The van der Waals surface area contributed by atoms with Gasteiger partial charge in [0.2, 0.25) is 5.91 Å². The third kappa shape index (κ3) is 3.61. The van der Waals surface area contributed by atoms with Crippen molar-refractivity contribution < 1.29 is 9.53 Å². The number of rotatable bonds is 5. The van der Waals surface area contributed by atoms with Crippen molar-refractivity contribution in [2.24, 2.45) is 0 Å². The molecule has 0 fully saturated rings. The van der Waals surface area contributed by atoms with Gasteiger partial charge in [-0.1, -0.05) is 11.8 Å². The molecule has 0 aliphatic carbocycles. The quantitative estimate of drug-likeness (QED) is 0.650. The number of ether oxygens (including phenoxy) is 1. The Balaban J connectivity index is 2.05. The second-order valence-electron chi connectivity index (χ2n) is 3.92. The molecule has 0 radical (unpaired) electrons. The molecule has 0 saturated carbocycles. The molecule has 1 heterocycles. The van der Waals surface area contributed by atoms with Crippen molar-refractivity contribution in [2.45, 2.75) is 16.5 Å². The van der Waals surface area contributed by atoms with Gasteiger partial charge in [-0.05, 0) is 36.7 Å². The monoisotopic (exact) mass is 310 g/mol. The number of anilines is 2. The van der Waals surface area contributed by atoms with Gasteiger partial charge in [-0.3, -0.25) is 4.79 Å². The maximum absolute atomic E-state index is 12.1. The van der Waals surface area contributed by atoms with Crippen LogP contribution in [0.2, 0.25) is 0 Å². The van der Waals surface area contributed by atoms with E-state index in [0.29, 0.717) is 17.1 Å². The summed E-state index contributed by atoms with van der Waals surface area (Å²) in [6.07, 6.45) is 1.47. The number of methoxy groups -OCH3 is 1. The molecule has 8 heteroatoms. The summed E-state index contributed by atoms with van der Waals surface area (Å²) in [5, 5.41) is 2.51. The number of hydrogen-bond donors (Lipinski definition) is 2. The van der Waals surface area contributed by atoms with Crippen molar-refractivity contribution >= 4 is 40.6 Å². The van der Waals surface area contributed by atoms with Gasteiger partial charge in [0, 0.05) is 5.69 Å². The summed E-state index contributed by atoms with van der Waals surface area (Å²) in [7, 11) is 1.54. The molecule has 1 aromatic heterocycles. The van der Waals surface area contributed by atoms with Gasteiger partial charge >= 0.3 is 0 Å². The van der Waals surface area contributed by atoms with Gasteiger partial charge in [0.05, 0.1) is 18.0 Å². The Morgan fingerprint density at radius 2 is 2.35 bits per heavy atom. The number of nitrogen functional groups attached to an aromatic ring is 1. The van der Waals surface area contributed by atoms with Crippen LogP contribution >= 0.6 is 23.3 Å². The summed E-state index contributed by atoms with van der Waals surface area (Å²) in [4.78, 5) is 16.2. The lowest BCUT2D eigenvalue weighted by atomic mass is 10.2. The number of carbonyl (C=O) groups is 1. The highest BCUT2D eigenvalue weighted by molar-refractivity contribution is 8.02. The normalized spacial score (nSPS) is 11.9. The first-order chi connectivity index (χ1) is 9.60.